The molecule has 0 radical (unpaired) electrons. The Bertz CT molecular complexity index is 1570. The highest BCUT2D eigenvalue weighted by Crippen LogP contribution is 2.47. The number of fused-ring (bicyclic) bond motifs is 1. The smallest absolute Gasteiger partial charge is 0.408 e. The molecule has 1 aromatic carbocycles. The maximum Gasteiger partial charge on any atom is 0.408 e. The Labute approximate surface area is 241 Å². The standard InChI is InChI=1S/C29H34ClN5O6/c1-27(7-8-27)25(37)32-11-9-29(40,10-12-32)16-33-18-31-23-21(24(33)36)15-22(30)35(23)20-5-3-19(4-6-20)28(2)17-41-14-13-34(28)26(38)39/h3-6,15,18,40H,7-14,16-17H2,1-2H3,(H,38,39). The quantitative estimate of drug-likeness (QED) is 0.472. The summed E-state index contributed by atoms with van der Waals surface area (Å²) in [5.41, 5.74) is -0.682. The number of carbonyl (C=O) groups is 2. The second kappa shape index (κ2) is 9.85. The van der Waals surface area contributed by atoms with Gasteiger partial charge in [-0.15, -0.1) is 0 Å². The minimum atomic E-state index is -1.12. The zero-order chi connectivity index (χ0) is 29.2. The first kappa shape index (κ1) is 27.7. The maximum absolute atomic E-state index is 13.5. The van der Waals surface area contributed by atoms with Gasteiger partial charge >= 0.3 is 6.09 Å². The summed E-state index contributed by atoms with van der Waals surface area (Å²) in [6.07, 6.45) is 3.02. The van der Waals surface area contributed by atoms with E-state index >= 15 is 0 Å². The van der Waals surface area contributed by atoms with Gasteiger partial charge in [-0.2, -0.15) is 0 Å². The summed E-state index contributed by atoms with van der Waals surface area (Å²) in [5, 5.41) is 21.6. The van der Waals surface area contributed by atoms with Crippen LogP contribution in [0.1, 0.15) is 45.1 Å². The molecule has 3 aromatic rings. The van der Waals surface area contributed by atoms with Gasteiger partial charge in [-0.05, 0) is 56.4 Å². The van der Waals surface area contributed by atoms with Crippen LogP contribution < -0.4 is 5.56 Å². The van der Waals surface area contributed by atoms with Gasteiger partial charge in [-0.25, -0.2) is 9.78 Å². The summed E-state index contributed by atoms with van der Waals surface area (Å²) in [6.45, 7) is 5.69. The van der Waals surface area contributed by atoms with Crippen molar-refractivity contribution in [1.29, 1.82) is 0 Å². The maximum atomic E-state index is 13.5. The van der Waals surface area contributed by atoms with Crippen LogP contribution in [0.3, 0.4) is 0 Å². The number of hydrogen-bond donors (Lipinski definition) is 2. The summed E-state index contributed by atoms with van der Waals surface area (Å²) in [4.78, 5) is 45.8. The normalized spacial score (nSPS) is 23.5. The highest BCUT2D eigenvalue weighted by molar-refractivity contribution is 6.31. The molecule has 41 heavy (non-hydrogen) atoms. The molecule has 2 saturated heterocycles. The molecule has 1 saturated carbocycles. The van der Waals surface area contributed by atoms with Gasteiger partial charge in [0, 0.05) is 30.7 Å². The zero-order valence-electron chi connectivity index (χ0n) is 23.2. The summed E-state index contributed by atoms with van der Waals surface area (Å²) < 4.78 is 8.68. The Morgan fingerprint density at radius 1 is 1.07 bits per heavy atom. The number of rotatable bonds is 5. The molecular weight excluding hydrogens is 550 g/mol. The first-order chi connectivity index (χ1) is 19.4. The first-order valence-corrected chi connectivity index (χ1v) is 14.3. The summed E-state index contributed by atoms with van der Waals surface area (Å²) in [7, 11) is 0. The third-order valence-corrected chi connectivity index (χ3v) is 9.40. The van der Waals surface area contributed by atoms with Crippen LogP contribution in [0.25, 0.3) is 16.7 Å². The Hall–Kier alpha value is -3.41. The molecule has 0 bridgehead atoms. The minimum Gasteiger partial charge on any atom is -0.465 e. The van der Waals surface area contributed by atoms with E-state index in [4.69, 9.17) is 16.3 Å². The molecule has 2 amide bonds. The summed E-state index contributed by atoms with van der Waals surface area (Å²) >= 11 is 6.60. The number of carbonyl (C=O) groups excluding carboxylic acids is 1. The fourth-order valence-electron chi connectivity index (χ4n) is 6.10. The third-order valence-electron chi connectivity index (χ3n) is 9.12. The largest absolute Gasteiger partial charge is 0.465 e. The number of nitrogens with zero attached hydrogens (tertiary/aromatic N) is 5. The molecule has 6 rings (SSSR count). The van der Waals surface area contributed by atoms with Crippen LogP contribution in [0.15, 0.2) is 41.5 Å². The number of piperidine rings is 1. The van der Waals surface area contributed by atoms with Crippen LogP contribution in [-0.4, -0.2) is 84.6 Å². The highest BCUT2D eigenvalue weighted by Gasteiger charge is 2.48. The lowest BCUT2D eigenvalue weighted by Crippen LogP contribution is -2.54. The Morgan fingerprint density at radius 2 is 1.76 bits per heavy atom. The molecule has 2 aliphatic heterocycles. The van der Waals surface area contributed by atoms with Crippen molar-refractivity contribution in [3.63, 3.8) is 0 Å². The second-order valence-electron chi connectivity index (χ2n) is 12.1. The second-order valence-corrected chi connectivity index (χ2v) is 12.5. The Morgan fingerprint density at radius 3 is 2.39 bits per heavy atom. The third kappa shape index (κ3) is 4.79. The van der Waals surface area contributed by atoms with Gasteiger partial charge in [-0.1, -0.05) is 30.7 Å². The van der Waals surface area contributed by atoms with Crippen LogP contribution in [0, 0.1) is 5.41 Å². The van der Waals surface area contributed by atoms with Crippen LogP contribution in [0.5, 0.6) is 0 Å². The van der Waals surface area contributed by atoms with Crippen LogP contribution in [0.4, 0.5) is 4.79 Å². The topological polar surface area (TPSA) is 130 Å². The van der Waals surface area contributed by atoms with Crippen molar-refractivity contribution in [1.82, 2.24) is 23.9 Å². The molecule has 3 aliphatic rings. The van der Waals surface area contributed by atoms with Gasteiger partial charge in [-0.3, -0.25) is 23.6 Å². The zero-order valence-corrected chi connectivity index (χ0v) is 23.9. The predicted octanol–water partition coefficient (Wildman–Crippen LogP) is 3.22. The van der Waals surface area contributed by atoms with Crippen molar-refractivity contribution >= 4 is 34.6 Å². The van der Waals surface area contributed by atoms with Crippen molar-refractivity contribution in [2.45, 2.75) is 57.2 Å². The average Bonchev–Trinajstić information content (AvgIpc) is 3.61. The van der Waals surface area contributed by atoms with E-state index in [1.54, 1.807) is 10.6 Å². The molecule has 218 valence electrons. The van der Waals surface area contributed by atoms with E-state index in [2.05, 4.69) is 4.98 Å². The molecule has 2 N–H and O–H groups in total. The van der Waals surface area contributed by atoms with Gasteiger partial charge in [0.05, 0.1) is 36.3 Å². The molecule has 1 aliphatic carbocycles. The molecule has 4 heterocycles. The number of hydrogen-bond acceptors (Lipinski definition) is 6. The van der Waals surface area contributed by atoms with Gasteiger partial charge in [0.15, 0.2) is 5.65 Å². The van der Waals surface area contributed by atoms with E-state index in [0.29, 0.717) is 54.4 Å². The molecular formula is C29H34ClN5O6. The number of carboxylic acid groups (broad SMARTS) is 1. The first-order valence-electron chi connectivity index (χ1n) is 13.9. The molecule has 1 unspecified atom stereocenters. The van der Waals surface area contributed by atoms with E-state index < -0.39 is 17.2 Å². The number of morpholine rings is 1. The van der Waals surface area contributed by atoms with Crippen molar-refractivity contribution in [3.05, 3.63) is 57.7 Å². The van der Waals surface area contributed by atoms with E-state index in [1.807, 2.05) is 43.0 Å². The number of halogens is 1. The fraction of sp³-hybridized carbons (Fsp3) is 0.517. The molecule has 11 nitrogen and oxygen atoms in total. The van der Waals surface area contributed by atoms with Gasteiger partial charge in [0.1, 0.15) is 11.5 Å². The van der Waals surface area contributed by atoms with Crippen molar-refractivity contribution < 1.29 is 24.5 Å². The number of aromatic nitrogens is 3. The molecule has 0 spiro atoms. The average molecular weight is 584 g/mol. The monoisotopic (exact) mass is 583 g/mol. The number of benzene rings is 1. The van der Waals surface area contributed by atoms with Crippen LogP contribution >= 0.6 is 11.6 Å². The number of likely N-dealkylation sites (tertiary alicyclic amines) is 1. The van der Waals surface area contributed by atoms with E-state index in [1.165, 1.54) is 15.8 Å². The summed E-state index contributed by atoms with van der Waals surface area (Å²) in [5.74, 6) is 0.157. The van der Waals surface area contributed by atoms with Crippen molar-refractivity contribution in [2.24, 2.45) is 5.41 Å². The molecule has 3 fully saturated rings. The fourth-order valence-corrected chi connectivity index (χ4v) is 6.38. The van der Waals surface area contributed by atoms with Crippen molar-refractivity contribution in [3.8, 4) is 5.69 Å². The lowest BCUT2D eigenvalue weighted by molar-refractivity contribution is -0.141. The van der Waals surface area contributed by atoms with E-state index in [-0.39, 0.29) is 36.6 Å². The number of aliphatic hydroxyl groups is 1. The van der Waals surface area contributed by atoms with Crippen molar-refractivity contribution in [2.75, 3.05) is 32.8 Å². The Balaban J connectivity index is 1.23. The number of amides is 2. The van der Waals surface area contributed by atoms with E-state index in [9.17, 15) is 24.6 Å². The SMILES string of the molecule is CC1(C(=O)N2CCC(O)(Cn3cnc4c(cc(Cl)n4-c4ccc(C5(C)COCCN5C(=O)O)cc4)c3=O)CC2)CC1. The highest BCUT2D eigenvalue weighted by atomic mass is 35.5. The predicted molar refractivity (Wildman–Crippen MR) is 151 cm³/mol. The van der Waals surface area contributed by atoms with Gasteiger partial charge < -0.3 is 19.8 Å². The number of ether oxygens (including phenoxy) is 1. The van der Waals surface area contributed by atoms with Crippen LogP contribution in [0.2, 0.25) is 5.15 Å². The van der Waals surface area contributed by atoms with Crippen LogP contribution in [-0.2, 0) is 21.6 Å². The Kier molecular flexibility index (Phi) is 6.67. The van der Waals surface area contributed by atoms with E-state index in [0.717, 1.165) is 18.4 Å². The molecule has 12 heteroatoms. The minimum absolute atomic E-state index is 0.0757. The van der Waals surface area contributed by atoms with Gasteiger partial charge in [0.2, 0.25) is 5.91 Å². The molecule has 2 aromatic heterocycles. The summed E-state index contributed by atoms with van der Waals surface area (Å²) in [6, 6.07) is 8.86. The molecule has 1 atom stereocenters. The lowest BCUT2D eigenvalue weighted by Gasteiger charge is -2.43. The lowest BCUT2D eigenvalue weighted by atomic mass is 9.90. The van der Waals surface area contributed by atoms with Gasteiger partial charge in [0.25, 0.3) is 5.56 Å².